The molecule has 0 aliphatic heterocycles. The lowest BCUT2D eigenvalue weighted by molar-refractivity contribution is 0.0692. The predicted octanol–water partition coefficient (Wildman–Crippen LogP) is 3.69. The van der Waals surface area contributed by atoms with Crippen LogP contribution in [0.1, 0.15) is 10.4 Å². The number of aromatic nitrogens is 1. The molecule has 86 valence electrons. The topological polar surface area (TPSA) is 50.2 Å². The van der Waals surface area contributed by atoms with Crippen molar-refractivity contribution in [2.24, 2.45) is 0 Å². The fourth-order valence-electron chi connectivity index (χ4n) is 1.28. The van der Waals surface area contributed by atoms with Crippen LogP contribution in [-0.4, -0.2) is 16.1 Å². The minimum Gasteiger partial charge on any atom is -0.478 e. The molecule has 0 saturated carbocycles. The summed E-state index contributed by atoms with van der Waals surface area (Å²) in [6.07, 6.45) is 2.95. The predicted molar refractivity (Wildman–Crippen MR) is 69.5 cm³/mol. The Hall–Kier alpha value is -1.33. The Bertz CT molecular complexity index is 560. The fraction of sp³-hybridized carbons (Fsp3) is 0. The Labute approximate surface area is 111 Å². The summed E-state index contributed by atoms with van der Waals surface area (Å²) in [6.45, 7) is 0. The van der Waals surface area contributed by atoms with Crippen LogP contribution in [0.25, 0.3) is 0 Å². The summed E-state index contributed by atoms with van der Waals surface area (Å²) in [5.74, 6) is -0.965. The third kappa shape index (κ3) is 2.87. The standard InChI is InChI=1S/C12H8BrNO2S/c13-9-3-1-2-4-11(9)17-10-5-6-14-7-8(10)12(15)16/h1-7H,(H,15,16). The smallest absolute Gasteiger partial charge is 0.338 e. The first-order chi connectivity index (χ1) is 8.18. The van der Waals surface area contributed by atoms with Crippen LogP contribution >= 0.6 is 27.7 Å². The Balaban J connectivity index is 2.37. The van der Waals surface area contributed by atoms with Gasteiger partial charge in [-0.25, -0.2) is 4.79 Å². The Morgan fingerprint density at radius 2 is 2.00 bits per heavy atom. The zero-order valence-electron chi connectivity index (χ0n) is 8.63. The third-order valence-electron chi connectivity index (χ3n) is 2.07. The van der Waals surface area contributed by atoms with Crippen molar-refractivity contribution in [3.63, 3.8) is 0 Å². The van der Waals surface area contributed by atoms with Crippen molar-refractivity contribution in [2.45, 2.75) is 9.79 Å². The molecule has 0 amide bonds. The molecule has 0 bridgehead atoms. The first-order valence-corrected chi connectivity index (χ1v) is 6.39. The zero-order valence-corrected chi connectivity index (χ0v) is 11.0. The maximum absolute atomic E-state index is 11.0. The van der Waals surface area contributed by atoms with Gasteiger partial charge in [-0.2, -0.15) is 0 Å². The lowest BCUT2D eigenvalue weighted by Crippen LogP contribution is -1.99. The molecule has 2 rings (SSSR count). The van der Waals surface area contributed by atoms with E-state index in [0.29, 0.717) is 4.90 Å². The van der Waals surface area contributed by atoms with E-state index in [1.807, 2.05) is 24.3 Å². The SMILES string of the molecule is O=C(O)c1cnccc1Sc1ccccc1Br. The van der Waals surface area contributed by atoms with Crippen molar-refractivity contribution < 1.29 is 9.90 Å². The lowest BCUT2D eigenvalue weighted by atomic mass is 10.3. The van der Waals surface area contributed by atoms with E-state index in [0.717, 1.165) is 9.37 Å². The van der Waals surface area contributed by atoms with E-state index in [-0.39, 0.29) is 5.56 Å². The van der Waals surface area contributed by atoms with Gasteiger partial charge >= 0.3 is 5.97 Å². The van der Waals surface area contributed by atoms with Gasteiger partial charge in [0.25, 0.3) is 0 Å². The van der Waals surface area contributed by atoms with Gasteiger partial charge in [-0.3, -0.25) is 4.98 Å². The number of carboxylic acids is 1. The van der Waals surface area contributed by atoms with Gasteiger partial charge in [-0.15, -0.1) is 0 Å². The number of benzene rings is 1. The molecule has 3 nitrogen and oxygen atoms in total. The van der Waals surface area contributed by atoms with Crippen LogP contribution in [0.2, 0.25) is 0 Å². The molecule has 0 saturated heterocycles. The van der Waals surface area contributed by atoms with Crippen LogP contribution in [-0.2, 0) is 0 Å². The largest absolute Gasteiger partial charge is 0.478 e. The van der Waals surface area contributed by atoms with Gasteiger partial charge < -0.3 is 5.11 Å². The molecule has 17 heavy (non-hydrogen) atoms. The van der Waals surface area contributed by atoms with Crippen molar-refractivity contribution in [3.05, 3.63) is 52.8 Å². The number of pyridine rings is 1. The Morgan fingerprint density at radius 3 is 2.71 bits per heavy atom. The first-order valence-electron chi connectivity index (χ1n) is 4.78. The summed E-state index contributed by atoms with van der Waals surface area (Å²) in [5.41, 5.74) is 0.216. The normalized spacial score (nSPS) is 10.2. The molecule has 0 spiro atoms. The zero-order chi connectivity index (χ0) is 12.3. The number of carbonyl (C=O) groups is 1. The minimum absolute atomic E-state index is 0.216. The average molecular weight is 310 g/mol. The molecular weight excluding hydrogens is 302 g/mol. The van der Waals surface area contributed by atoms with Gasteiger partial charge in [-0.1, -0.05) is 23.9 Å². The maximum atomic E-state index is 11.0. The van der Waals surface area contributed by atoms with E-state index in [1.165, 1.54) is 18.0 Å². The number of hydrogen-bond donors (Lipinski definition) is 1. The maximum Gasteiger partial charge on any atom is 0.338 e. The highest BCUT2D eigenvalue weighted by atomic mass is 79.9. The second-order valence-electron chi connectivity index (χ2n) is 3.21. The van der Waals surface area contributed by atoms with E-state index >= 15 is 0 Å². The van der Waals surface area contributed by atoms with Crippen molar-refractivity contribution in [3.8, 4) is 0 Å². The van der Waals surface area contributed by atoms with Gasteiger partial charge in [-0.05, 0) is 34.1 Å². The van der Waals surface area contributed by atoms with E-state index in [9.17, 15) is 4.79 Å². The minimum atomic E-state index is -0.965. The molecule has 1 heterocycles. The molecule has 1 N–H and O–H groups in total. The second-order valence-corrected chi connectivity index (χ2v) is 5.15. The van der Waals surface area contributed by atoms with Crippen LogP contribution < -0.4 is 0 Å². The molecule has 0 fully saturated rings. The highest BCUT2D eigenvalue weighted by Gasteiger charge is 2.11. The third-order valence-corrected chi connectivity index (χ3v) is 4.17. The summed E-state index contributed by atoms with van der Waals surface area (Å²) >= 11 is 4.83. The molecule has 0 aliphatic rings. The number of aromatic carboxylic acids is 1. The second kappa shape index (κ2) is 5.33. The summed E-state index contributed by atoms with van der Waals surface area (Å²) in [6, 6.07) is 9.38. The van der Waals surface area contributed by atoms with Crippen molar-refractivity contribution >= 4 is 33.7 Å². The summed E-state index contributed by atoms with van der Waals surface area (Å²) in [7, 11) is 0. The fourth-order valence-corrected chi connectivity index (χ4v) is 2.73. The summed E-state index contributed by atoms with van der Waals surface area (Å²) in [5, 5.41) is 9.05. The van der Waals surface area contributed by atoms with Crippen molar-refractivity contribution in [1.82, 2.24) is 4.98 Å². The van der Waals surface area contributed by atoms with E-state index in [2.05, 4.69) is 20.9 Å². The molecule has 0 unspecified atom stereocenters. The monoisotopic (exact) mass is 309 g/mol. The number of nitrogens with zero attached hydrogens (tertiary/aromatic N) is 1. The van der Waals surface area contributed by atoms with Crippen LogP contribution in [0.15, 0.2) is 57.0 Å². The van der Waals surface area contributed by atoms with E-state index in [1.54, 1.807) is 12.3 Å². The summed E-state index contributed by atoms with van der Waals surface area (Å²) < 4.78 is 0.943. The lowest BCUT2D eigenvalue weighted by Gasteiger charge is -2.06. The molecule has 0 atom stereocenters. The molecule has 1 aromatic heterocycles. The van der Waals surface area contributed by atoms with Crippen LogP contribution in [0.4, 0.5) is 0 Å². The number of carboxylic acid groups (broad SMARTS) is 1. The first kappa shape index (κ1) is 12.1. The van der Waals surface area contributed by atoms with E-state index < -0.39 is 5.97 Å². The van der Waals surface area contributed by atoms with Gasteiger partial charge in [0.05, 0.1) is 5.56 Å². The van der Waals surface area contributed by atoms with Crippen LogP contribution in [0.3, 0.4) is 0 Å². The molecule has 0 aliphatic carbocycles. The highest BCUT2D eigenvalue weighted by Crippen LogP contribution is 2.34. The number of hydrogen-bond acceptors (Lipinski definition) is 3. The van der Waals surface area contributed by atoms with E-state index in [4.69, 9.17) is 5.11 Å². The molecule has 2 aromatic rings. The van der Waals surface area contributed by atoms with Crippen molar-refractivity contribution in [1.29, 1.82) is 0 Å². The molecule has 5 heteroatoms. The van der Waals surface area contributed by atoms with Gasteiger partial charge in [0.2, 0.25) is 0 Å². The number of rotatable bonds is 3. The van der Waals surface area contributed by atoms with Gasteiger partial charge in [0, 0.05) is 26.7 Å². The van der Waals surface area contributed by atoms with Crippen molar-refractivity contribution in [2.75, 3.05) is 0 Å². The van der Waals surface area contributed by atoms with Gasteiger partial charge in [0.15, 0.2) is 0 Å². The summed E-state index contributed by atoms with van der Waals surface area (Å²) in [4.78, 5) is 16.5. The molecular formula is C12H8BrNO2S. The van der Waals surface area contributed by atoms with Crippen LogP contribution in [0.5, 0.6) is 0 Å². The average Bonchev–Trinajstić information content (AvgIpc) is 2.32. The highest BCUT2D eigenvalue weighted by molar-refractivity contribution is 9.10. The molecule has 0 radical (unpaired) electrons. The van der Waals surface area contributed by atoms with Crippen LogP contribution in [0, 0.1) is 0 Å². The van der Waals surface area contributed by atoms with Gasteiger partial charge in [0.1, 0.15) is 0 Å². The molecule has 1 aromatic carbocycles. The Morgan fingerprint density at radius 1 is 1.24 bits per heavy atom. The number of halogens is 1. The Kier molecular flexibility index (Phi) is 3.81. The quantitative estimate of drug-likeness (QED) is 0.939.